The van der Waals surface area contributed by atoms with Crippen molar-refractivity contribution < 1.29 is 9.84 Å². The average Bonchev–Trinajstić information content (AvgIpc) is 1.89. The Kier molecular flexibility index (Phi) is 2.49. The summed E-state index contributed by atoms with van der Waals surface area (Å²) in [4.78, 5) is 0. The Labute approximate surface area is 63.8 Å². The van der Waals surface area contributed by atoms with Crippen molar-refractivity contribution in [2.24, 2.45) is 0 Å². The predicted molar refractivity (Wildman–Crippen MR) is 42.1 cm³/mol. The maximum Gasteiger partial charge on any atom is 0.180 e. The standard InChI is InChI=1S/C7H15O2Si/c1-10(2)7(8)5-3-4-6-9-7/h10H,3-6H2,1-2H3. The largest absolute Gasteiger partial charge is 0.351 e. The maximum absolute atomic E-state index is 11.7. The quantitative estimate of drug-likeness (QED) is 0.531. The van der Waals surface area contributed by atoms with Crippen LogP contribution >= 0.6 is 0 Å². The first-order valence-corrected chi connectivity index (χ1v) is 6.88. The molecule has 1 atom stereocenters. The Balaban J connectivity index is 2.48. The summed E-state index contributed by atoms with van der Waals surface area (Å²) in [5.74, 6) is 0. The van der Waals surface area contributed by atoms with Crippen molar-refractivity contribution in [3.05, 3.63) is 0 Å². The van der Waals surface area contributed by atoms with Crippen LogP contribution in [0.15, 0.2) is 0 Å². The van der Waals surface area contributed by atoms with E-state index in [1.807, 2.05) is 0 Å². The average molecular weight is 159 g/mol. The lowest BCUT2D eigenvalue weighted by atomic mass is 10.2. The van der Waals surface area contributed by atoms with Crippen LogP contribution in [0, 0.1) is 0 Å². The summed E-state index contributed by atoms with van der Waals surface area (Å²) in [5, 5.41) is 11.7. The van der Waals surface area contributed by atoms with E-state index >= 15 is 0 Å². The zero-order valence-corrected chi connectivity index (χ0v) is 7.88. The molecule has 0 amide bonds. The highest BCUT2D eigenvalue weighted by atomic mass is 28.3. The van der Waals surface area contributed by atoms with Crippen LogP contribution < -0.4 is 0 Å². The minimum absolute atomic E-state index is 0.689. The number of rotatable bonds is 1. The molecule has 0 N–H and O–H groups in total. The molecule has 2 nitrogen and oxygen atoms in total. The van der Waals surface area contributed by atoms with Crippen LogP contribution in [0.25, 0.3) is 0 Å². The summed E-state index contributed by atoms with van der Waals surface area (Å²) in [7, 11) is -1.14. The smallest absolute Gasteiger partial charge is 0.180 e. The Hall–Kier alpha value is 0.137. The van der Waals surface area contributed by atoms with Gasteiger partial charge in [0, 0.05) is 6.61 Å². The molecule has 0 aromatic heterocycles. The van der Waals surface area contributed by atoms with Crippen LogP contribution in [-0.4, -0.2) is 20.8 Å². The molecule has 0 bridgehead atoms. The molecule has 59 valence electrons. The van der Waals surface area contributed by atoms with Crippen LogP contribution in [0.4, 0.5) is 0 Å². The molecule has 1 fully saturated rings. The highest BCUT2D eigenvalue weighted by Gasteiger charge is 2.36. The van der Waals surface area contributed by atoms with Crippen LogP contribution in [0.2, 0.25) is 13.1 Å². The van der Waals surface area contributed by atoms with E-state index in [4.69, 9.17) is 4.74 Å². The van der Waals surface area contributed by atoms with Gasteiger partial charge in [-0.25, -0.2) is 5.11 Å². The summed E-state index contributed by atoms with van der Waals surface area (Å²) in [6.07, 6.45) is 2.89. The van der Waals surface area contributed by atoms with E-state index in [1.54, 1.807) is 0 Å². The summed E-state index contributed by atoms with van der Waals surface area (Å²) < 4.78 is 5.23. The Morgan fingerprint density at radius 2 is 2.10 bits per heavy atom. The first-order valence-electron chi connectivity index (χ1n) is 3.99. The van der Waals surface area contributed by atoms with Gasteiger partial charge in [0.2, 0.25) is 0 Å². The third-order valence-corrected chi connectivity index (χ3v) is 4.36. The molecular weight excluding hydrogens is 144 g/mol. The molecule has 1 heterocycles. The highest BCUT2D eigenvalue weighted by Crippen LogP contribution is 2.25. The van der Waals surface area contributed by atoms with Crippen molar-refractivity contribution in [1.29, 1.82) is 0 Å². The van der Waals surface area contributed by atoms with Crippen molar-refractivity contribution in [2.45, 2.75) is 37.8 Å². The predicted octanol–water partition coefficient (Wildman–Crippen LogP) is 1.34. The molecule has 1 unspecified atom stereocenters. The van der Waals surface area contributed by atoms with Gasteiger partial charge in [-0.1, -0.05) is 13.1 Å². The molecule has 3 heteroatoms. The van der Waals surface area contributed by atoms with Crippen molar-refractivity contribution in [1.82, 2.24) is 0 Å². The SMILES string of the molecule is C[SiH](C)C1([O])CCCCO1. The molecule has 0 aromatic rings. The zero-order chi connectivity index (χ0) is 7.61. The topological polar surface area (TPSA) is 29.1 Å². The van der Waals surface area contributed by atoms with Crippen molar-refractivity contribution in [3.63, 3.8) is 0 Å². The molecule has 0 aliphatic carbocycles. The van der Waals surface area contributed by atoms with E-state index in [-0.39, 0.29) is 0 Å². The van der Waals surface area contributed by atoms with Crippen molar-refractivity contribution in [2.75, 3.05) is 6.61 Å². The Morgan fingerprint density at radius 1 is 1.40 bits per heavy atom. The van der Waals surface area contributed by atoms with E-state index in [0.29, 0.717) is 6.61 Å². The Morgan fingerprint density at radius 3 is 2.40 bits per heavy atom. The van der Waals surface area contributed by atoms with Crippen LogP contribution in [0.3, 0.4) is 0 Å². The second-order valence-corrected chi connectivity index (χ2v) is 6.46. The maximum atomic E-state index is 11.7. The molecule has 1 saturated heterocycles. The van der Waals surface area contributed by atoms with Gasteiger partial charge in [-0.3, -0.25) is 0 Å². The highest BCUT2D eigenvalue weighted by molar-refractivity contribution is 6.58. The molecule has 10 heavy (non-hydrogen) atoms. The lowest BCUT2D eigenvalue weighted by Gasteiger charge is -2.32. The second-order valence-electron chi connectivity index (χ2n) is 3.27. The summed E-state index contributed by atoms with van der Waals surface area (Å²) in [6.45, 7) is 4.82. The molecule has 1 aliphatic rings. The molecule has 0 spiro atoms. The van der Waals surface area contributed by atoms with Gasteiger partial charge in [0.15, 0.2) is 5.41 Å². The first-order chi connectivity index (χ1) is 4.65. The van der Waals surface area contributed by atoms with Gasteiger partial charge in [0.1, 0.15) is 8.80 Å². The van der Waals surface area contributed by atoms with Crippen molar-refractivity contribution >= 4 is 8.80 Å². The molecule has 1 rings (SSSR count). The van der Waals surface area contributed by atoms with E-state index in [2.05, 4.69) is 13.1 Å². The minimum Gasteiger partial charge on any atom is -0.351 e. The van der Waals surface area contributed by atoms with Crippen molar-refractivity contribution in [3.8, 4) is 0 Å². The van der Waals surface area contributed by atoms with Gasteiger partial charge in [0.05, 0.1) is 0 Å². The molecule has 1 aliphatic heterocycles. The fourth-order valence-corrected chi connectivity index (χ4v) is 2.48. The fourth-order valence-electron chi connectivity index (χ4n) is 1.25. The van der Waals surface area contributed by atoms with E-state index in [9.17, 15) is 5.11 Å². The van der Waals surface area contributed by atoms with Gasteiger partial charge in [-0.05, 0) is 19.3 Å². The first kappa shape index (κ1) is 8.24. The molecular formula is C7H15O2Si. The Bertz CT molecular complexity index is 108. The van der Waals surface area contributed by atoms with Gasteiger partial charge >= 0.3 is 0 Å². The van der Waals surface area contributed by atoms with Gasteiger partial charge in [-0.15, -0.1) is 0 Å². The summed E-state index contributed by atoms with van der Waals surface area (Å²) in [5.41, 5.74) is -0.932. The normalized spacial score (nSPS) is 34.8. The van der Waals surface area contributed by atoms with Crippen LogP contribution in [0.1, 0.15) is 19.3 Å². The third kappa shape index (κ3) is 1.59. The molecule has 0 aromatic carbocycles. The lowest BCUT2D eigenvalue weighted by Crippen LogP contribution is -2.45. The second kappa shape index (κ2) is 3.03. The fraction of sp³-hybridized carbons (Fsp3) is 1.00. The molecule has 0 saturated carbocycles. The summed E-state index contributed by atoms with van der Waals surface area (Å²) in [6, 6.07) is 0. The number of ether oxygens (including phenoxy) is 1. The third-order valence-electron chi connectivity index (χ3n) is 2.15. The van der Waals surface area contributed by atoms with E-state index in [1.165, 1.54) is 0 Å². The minimum atomic E-state index is -1.14. The zero-order valence-electron chi connectivity index (χ0n) is 6.72. The van der Waals surface area contributed by atoms with Gasteiger partial charge < -0.3 is 4.74 Å². The molecule has 1 radical (unpaired) electrons. The number of hydrogen-bond donors (Lipinski definition) is 0. The summed E-state index contributed by atoms with van der Waals surface area (Å²) >= 11 is 0. The van der Waals surface area contributed by atoms with E-state index in [0.717, 1.165) is 19.3 Å². The van der Waals surface area contributed by atoms with E-state index < -0.39 is 14.2 Å². The van der Waals surface area contributed by atoms with Gasteiger partial charge in [-0.2, -0.15) is 0 Å². The lowest BCUT2D eigenvalue weighted by molar-refractivity contribution is -0.203. The number of hydrogen-bond acceptors (Lipinski definition) is 1. The monoisotopic (exact) mass is 159 g/mol. The van der Waals surface area contributed by atoms with Crippen LogP contribution in [-0.2, 0) is 9.84 Å². The van der Waals surface area contributed by atoms with Crippen LogP contribution in [0.5, 0.6) is 0 Å². The van der Waals surface area contributed by atoms with Gasteiger partial charge in [0.25, 0.3) is 0 Å².